The standard InChI is InChI=1S/C11H12ClN3O2/c12-10-8-9(15(16)17)4-5-11(10)14-7-3-1-2-6-13/h4-5,8,14H,1-3,7H2. The largest absolute Gasteiger partial charge is 0.384 e. The highest BCUT2D eigenvalue weighted by molar-refractivity contribution is 6.33. The molecule has 0 spiro atoms. The molecule has 17 heavy (non-hydrogen) atoms. The molecule has 0 aliphatic carbocycles. The Morgan fingerprint density at radius 1 is 1.47 bits per heavy atom. The number of hydrogen-bond acceptors (Lipinski definition) is 4. The number of nitro groups is 1. The molecule has 0 aromatic heterocycles. The fourth-order valence-corrected chi connectivity index (χ4v) is 1.55. The number of non-ortho nitro benzene ring substituents is 1. The number of nitriles is 1. The minimum absolute atomic E-state index is 0.0231. The zero-order valence-corrected chi connectivity index (χ0v) is 9.91. The van der Waals surface area contributed by atoms with Gasteiger partial charge in [0.15, 0.2) is 0 Å². The third-order valence-corrected chi connectivity index (χ3v) is 2.51. The maximum absolute atomic E-state index is 10.5. The second-order valence-electron chi connectivity index (χ2n) is 3.46. The van der Waals surface area contributed by atoms with Crippen molar-refractivity contribution in [3.63, 3.8) is 0 Å². The van der Waals surface area contributed by atoms with Gasteiger partial charge in [0.2, 0.25) is 0 Å². The molecule has 0 unspecified atom stereocenters. The van der Waals surface area contributed by atoms with Crippen LogP contribution in [0.25, 0.3) is 0 Å². The summed E-state index contributed by atoms with van der Waals surface area (Å²) in [4.78, 5) is 10.0. The number of halogens is 1. The first-order chi connectivity index (χ1) is 8.15. The summed E-state index contributed by atoms with van der Waals surface area (Å²) in [5, 5.41) is 22.3. The highest BCUT2D eigenvalue weighted by atomic mass is 35.5. The number of nitrogens with one attached hydrogen (secondary N) is 1. The minimum Gasteiger partial charge on any atom is -0.384 e. The normalized spacial score (nSPS) is 9.65. The van der Waals surface area contributed by atoms with Gasteiger partial charge < -0.3 is 5.32 Å². The van der Waals surface area contributed by atoms with E-state index < -0.39 is 4.92 Å². The molecule has 0 heterocycles. The Balaban J connectivity index is 2.50. The van der Waals surface area contributed by atoms with Gasteiger partial charge in [-0.3, -0.25) is 10.1 Å². The Morgan fingerprint density at radius 3 is 2.82 bits per heavy atom. The van der Waals surface area contributed by atoms with E-state index in [1.54, 1.807) is 6.07 Å². The molecule has 0 aliphatic heterocycles. The van der Waals surface area contributed by atoms with Gasteiger partial charge in [-0.05, 0) is 18.9 Å². The first-order valence-electron chi connectivity index (χ1n) is 5.20. The van der Waals surface area contributed by atoms with Gasteiger partial charge in [0.25, 0.3) is 5.69 Å². The smallest absolute Gasteiger partial charge is 0.271 e. The van der Waals surface area contributed by atoms with Crippen LogP contribution in [0.5, 0.6) is 0 Å². The molecule has 0 bridgehead atoms. The van der Waals surface area contributed by atoms with Gasteiger partial charge in [-0.2, -0.15) is 5.26 Å². The topological polar surface area (TPSA) is 79.0 Å². The lowest BCUT2D eigenvalue weighted by Crippen LogP contribution is -2.02. The predicted octanol–water partition coefficient (Wildman–Crippen LogP) is 3.35. The Labute approximate surface area is 104 Å². The molecule has 0 saturated heterocycles. The maximum atomic E-state index is 10.5. The third-order valence-electron chi connectivity index (χ3n) is 2.19. The quantitative estimate of drug-likeness (QED) is 0.479. The van der Waals surface area contributed by atoms with Gasteiger partial charge in [-0.15, -0.1) is 0 Å². The minimum atomic E-state index is -0.484. The summed E-state index contributed by atoms with van der Waals surface area (Å²) in [6, 6.07) is 6.38. The van der Waals surface area contributed by atoms with E-state index in [2.05, 4.69) is 11.4 Å². The fourth-order valence-electron chi connectivity index (χ4n) is 1.31. The van der Waals surface area contributed by atoms with Crippen LogP contribution in [0.3, 0.4) is 0 Å². The van der Waals surface area contributed by atoms with Crippen molar-refractivity contribution in [2.75, 3.05) is 11.9 Å². The van der Waals surface area contributed by atoms with Crippen LogP contribution < -0.4 is 5.32 Å². The van der Waals surface area contributed by atoms with Gasteiger partial charge in [0, 0.05) is 25.1 Å². The van der Waals surface area contributed by atoms with Crippen LogP contribution in [0.2, 0.25) is 5.02 Å². The molecule has 0 saturated carbocycles. The monoisotopic (exact) mass is 253 g/mol. The molecule has 0 amide bonds. The van der Waals surface area contributed by atoms with E-state index in [-0.39, 0.29) is 5.69 Å². The van der Waals surface area contributed by atoms with Crippen molar-refractivity contribution in [2.24, 2.45) is 0 Å². The average molecular weight is 254 g/mol. The number of unbranched alkanes of at least 4 members (excludes halogenated alkanes) is 2. The SMILES string of the molecule is N#CCCCCNc1ccc([N+](=O)[O-])cc1Cl. The van der Waals surface area contributed by atoms with E-state index >= 15 is 0 Å². The first-order valence-corrected chi connectivity index (χ1v) is 5.57. The van der Waals surface area contributed by atoms with Crippen molar-refractivity contribution in [3.8, 4) is 6.07 Å². The average Bonchev–Trinajstić information content (AvgIpc) is 2.30. The highest BCUT2D eigenvalue weighted by Crippen LogP contribution is 2.26. The summed E-state index contributed by atoms with van der Waals surface area (Å²) in [6.07, 6.45) is 2.23. The van der Waals surface area contributed by atoms with E-state index in [9.17, 15) is 10.1 Å². The van der Waals surface area contributed by atoms with Gasteiger partial charge in [0.1, 0.15) is 0 Å². The second kappa shape index (κ2) is 6.71. The molecule has 0 fully saturated rings. The number of hydrogen-bond donors (Lipinski definition) is 1. The summed E-state index contributed by atoms with van der Waals surface area (Å²) in [7, 11) is 0. The Kier molecular flexibility index (Phi) is 5.24. The number of benzene rings is 1. The van der Waals surface area contributed by atoms with Crippen LogP contribution in [0, 0.1) is 21.4 Å². The van der Waals surface area contributed by atoms with Crippen molar-refractivity contribution < 1.29 is 4.92 Å². The lowest BCUT2D eigenvalue weighted by Gasteiger charge is -2.07. The van der Waals surface area contributed by atoms with Crippen LogP contribution in [-0.2, 0) is 0 Å². The van der Waals surface area contributed by atoms with Crippen LogP contribution >= 0.6 is 11.6 Å². The van der Waals surface area contributed by atoms with Crippen molar-refractivity contribution >= 4 is 23.0 Å². The molecule has 0 atom stereocenters. The van der Waals surface area contributed by atoms with Crippen molar-refractivity contribution in [1.82, 2.24) is 0 Å². The molecule has 1 aromatic rings. The molecule has 5 nitrogen and oxygen atoms in total. The van der Waals surface area contributed by atoms with Crippen LogP contribution in [0.1, 0.15) is 19.3 Å². The van der Waals surface area contributed by atoms with Gasteiger partial charge in [-0.25, -0.2) is 0 Å². The van der Waals surface area contributed by atoms with Crippen LogP contribution in [0.15, 0.2) is 18.2 Å². The van der Waals surface area contributed by atoms with Crippen LogP contribution in [-0.4, -0.2) is 11.5 Å². The highest BCUT2D eigenvalue weighted by Gasteiger charge is 2.08. The molecular weight excluding hydrogens is 242 g/mol. The molecular formula is C11H12ClN3O2. The maximum Gasteiger partial charge on any atom is 0.271 e. The van der Waals surface area contributed by atoms with E-state index in [1.807, 2.05) is 0 Å². The lowest BCUT2D eigenvalue weighted by atomic mass is 10.2. The van der Waals surface area contributed by atoms with Gasteiger partial charge >= 0.3 is 0 Å². The van der Waals surface area contributed by atoms with Crippen molar-refractivity contribution in [3.05, 3.63) is 33.3 Å². The molecule has 6 heteroatoms. The van der Waals surface area contributed by atoms with Gasteiger partial charge in [-0.1, -0.05) is 11.6 Å². The summed E-state index contributed by atoms with van der Waals surface area (Å²) < 4.78 is 0. The summed E-state index contributed by atoms with van der Waals surface area (Å²) in [5.41, 5.74) is 0.652. The Morgan fingerprint density at radius 2 is 2.24 bits per heavy atom. The zero-order chi connectivity index (χ0) is 12.7. The van der Waals surface area contributed by atoms with E-state index in [0.717, 1.165) is 12.8 Å². The molecule has 90 valence electrons. The molecule has 0 aliphatic rings. The van der Waals surface area contributed by atoms with Crippen LogP contribution in [0.4, 0.5) is 11.4 Å². The number of anilines is 1. The summed E-state index contributed by atoms with van der Waals surface area (Å²) in [6.45, 7) is 0.694. The summed E-state index contributed by atoms with van der Waals surface area (Å²) in [5.74, 6) is 0. The zero-order valence-electron chi connectivity index (χ0n) is 9.15. The molecule has 0 radical (unpaired) electrons. The molecule has 1 aromatic carbocycles. The van der Waals surface area contributed by atoms with E-state index in [0.29, 0.717) is 23.7 Å². The van der Waals surface area contributed by atoms with Crippen molar-refractivity contribution in [2.45, 2.75) is 19.3 Å². The predicted molar refractivity (Wildman–Crippen MR) is 66.1 cm³/mol. The number of rotatable bonds is 6. The van der Waals surface area contributed by atoms with Gasteiger partial charge in [0.05, 0.1) is 21.7 Å². The van der Waals surface area contributed by atoms with E-state index in [4.69, 9.17) is 16.9 Å². The first kappa shape index (κ1) is 13.3. The molecule has 1 N–H and O–H groups in total. The Hall–Kier alpha value is -1.80. The van der Waals surface area contributed by atoms with E-state index in [1.165, 1.54) is 12.1 Å². The van der Waals surface area contributed by atoms with Crippen molar-refractivity contribution in [1.29, 1.82) is 5.26 Å². The lowest BCUT2D eigenvalue weighted by molar-refractivity contribution is -0.384. The number of nitrogens with zero attached hydrogens (tertiary/aromatic N) is 2. The number of nitro benzene ring substituents is 1. The second-order valence-corrected chi connectivity index (χ2v) is 3.87. The Bertz CT molecular complexity index is 443. The molecule has 1 rings (SSSR count). The third kappa shape index (κ3) is 4.29. The fraction of sp³-hybridized carbons (Fsp3) is 0.364. The summed E-state index contributed by atoms with van der Waals surface area (Å²) >= 11 is 5.89.